The highest BCUT2D eigenvalue weighted by atomic mass is 35.5. The van der Waals surface area contributed by atoms with E-state index in [1.807, 2.05) is 44.2 Å². The van der Waals surface area contributed by atoms with Gasteiger partial charge < -0.3 is 5.32 Å². The number of hydrogen-bond acceptors (Lipinski definition) is 1. The van der Waals surface area contributed by atoms with Crippen molar-refractivity contribution < 1.29 is 4.79 Å². The van der Waals surface area contributed by atoms with E-state index < -0.39 is 0 Å². The van der Waals surface area contributed by atoms with Gasteiger partial charge in [-0.05, 0) is 12.5 Å². The van der Waals surface area contributed by atoms with E-state index in [1.165, 1.54) is 0 Å². The molecule has 0 bridgehead atoms. The number of halogens is 1. The molecule has 0 saturated carbocycles. The number of nitrogens with one attached hydrogen (secondary N) is 1. The fourth-order valence-electron chi connectivity index (χ4n) is 1.25. The zero-order chi connectivity index (χ0) is 11.3. The van der Waals surface area contributed by atoms with E-state index >= 15 is 0 Å². The Morgan fingerprint density at radius 2 is 1.93 bits per heavy atom. The summed E-state index contributed by atoms with van der Waals surface area (Å²) in [6.07, 6.45) is 0. The molecule has 1 aromatic carbocycles. The van der Waals surface area contributed by atoms with Crippen molar-refractivity contribution in [3.05, 3.63) is 35.9 Å². The third kappa shape index (κ3) is 3.56. The van der Waals surface area contributed by atoms with Gasteiger partial charge in [0.2, 0.25) is 5.91 Å². The Hall–Kier alpha value is -1.02. The predicted molar refractivity (Wildman–Crippen MR) is 62.9 cm³/mol. The maximum Gasteiger partial charge on any atom is 0.224 e. The zero-order valence-corrected chi connectivity index (χ0v) is 9.79. The number of hydrogen-bond donors (Lipinski definition) is 1. The molecule has 0 fully saturated rings. The fraction of sp³-hybridized carbons (Fsp3) is 0.417. The van der Waals surface area contributed by atoms with E-state index in [1.54, 1.807) is 0 Å². The number of carbonyl (C=O) groups is 1. The van der Waals surface area contributed by atoms with Crippen LogP contribution >= 0.6 is 11.6 Å². The molecule has 1 unspecified atom stereocenters. The van der Waals surface area contributed by atoms with Crippen LogP contribution < -0.4 is 5.32 Å². The molecule has 82 valence electrons. The number of carbonyl (C=O) groups excluding carboxylic acids is 1. The molecule has 3 heteroatoms. The molecule has 0 aliphatic rings. The minimum Gasteiger partial charge on any atom is -0.349 e. The molecule has 0 aliphatic heterocycles. The molecule has 1 rings (SSSR count). The van der Waals surface area contributed by atoms with Gasteiger partial charge in [0.15, 0.2) is 0 Å². The predicted octanol–water partition coefficient (Wildman–Crippen LogP) is 2.74. The lowest BCUT2D eigenvalue weighted by atomic mass is 10.1. The largest absolute Gasteiger partial charge is 0.349 e. The van der Waals surface area contributed by atoms with Crippen LogP contribution in [0.15, 0.2) is 30.3 Å². The van der Waals surface area contributed by atoms with E-state index in [4.69, 9.17) is 11.6 Å². The Labute approximate surface area is 95.6 Å². The zero-order valence-electron chi connectivity index (χ0n) is 9.03. The van der Waals surface area contributed by atoms with E-state index in [0.717, 1.165) is 5.56 Å². The van der Waals surface area contributed by atoms with Crippen LogP contribution in [-0.2, 0) is 4.79 Å². The lowest BCUT2D eigenvalue weighted by molar-refractivity contribution is -0.124. The summed E-state index contributed by atoms with van der Waals surface area (Å²) < 4.78 is 0. The summed E-state index contributed by atoms with van der Waals surface area (Å²) in [5.74, 6) is 0.215. The first-order valence-corrected chi connectivity index (χ1v) is 5.60. The standard InChI is InChI=1S/C12H16ClNO/c1-9(8-13)12(15)14-10(2)11-6-4-3-5-7-11/h3-7,9-10H,8H2,1-2H3,(H,14,15)/t9?,10-/m1/s1. The van der Waals surface area contributed by atoms with E-state index in [9.17, 15) is 4.79 Å². The monoisotopic (exact) mass is 225 g/mol. The molecule has 0 spiro atoms. The second kappa shape index (κ2) is 5.76. The van der Waals surface area contributed by atoms with Crippen molar-refractivity contribution >= 4 is 17.5 Å². The Kier molecular flexibility index (Phi) is 4.63. The summed E-state index contributed by atoms with van der Waals surface area (Å²) in [5.41, 5.74) is 1.10. The normalized spacial score (nSPS) is 14.3. The molecule has 0 heterocycles. The van der Waals surface area contributed by atoms with Crippen molar-refractivity contribution in [2.45, 2.75) is 19.9 Å². The van der Waals surface area contributed by atoms with Crippen LogP contribution in [0.25, 0.3) is 0 Å². The summed E-state index contributed by atoms with van der Waals surface area (Å²) in [4.78, 5) is 11.6. The van der Waals surface area contributed by atoms with Crippen LogP contribution in [0.3, 0.4) is 0 Å². The van der Waals surface area contributed by atoms with Crippen molar-refractivity contribution in [3.8, 4) is 0 Å². The number of benzene rings is 1. The van der Waals surface area contributed by atoms with Gasteiger partial charge in [0, 0.05) is 11.8 Å². The van der Waals surface area contributed by atoms with Crippen molar-refractivity contribution in [2.24, 2.45) is 5.92 Å². The van der Waals surface area contributed by atoms with Gasteiger partial charge >= 0.3 is 0 Å². The molecule has 0 radical (unpaired) electrons. The fourth-order valence-corrected chi connectivity index (χ4v) is 1.39. The summed E-state index contributed by atoms with van der Waals surface area (Å²) in [6.45, 7) is 3.79. The van der Waals surface area contributed by atoms with Gasteiger partial charge in [0.25, 0.3) is 0 Å². The first kappa shape index (κ1) is 12.1. The lowest BCUT2D eigenvalue weighted by Crippen LogP contribution is -2.32. The Morgan fingerprint density at radius 1 is 1.33 bits per heavy atom. The van der Waals surface area contributed by atoms with Crippen molar-refractivity contribution in [3.63, 3.8) is 0 Å². The Balaban J connectivity index is 2.56. The first-order valence-electron chi connectivity index (χ1n) is 5.06. The second-order valence-electron chi connectivity index (χ2n) is 3.70. The molecule has 2 atom stereocenters. The second-order valence-corrected chi connectivity index (χ2v) is 4.00. The highest BCUT2D eigenvalue weighted by molar-refractivity contribution is 6.19. The van der Waals surface area contributed by atoms with Gasteiger partial charge in [-0.3, -0.25) is 4.79 Å². The molecule has 15 heavy (non-hydrogen) atoms. The molecule has 2 nitrogen and oxygen atoms in total. The summed E-state index contributed by atoms with van der Waals surface area (Å²) in [5, 5.41) is 2.92. The molecule has 0 aliphatic carbocycles. The van der Waals surface area contributed by atoms with Crippen LogP contribution in [0.4, 0.5) is 0 Å². The van der Waals surface area contributed by atoms with Gasteiger partial charge in [-0.15, -0.1) is 11.6 Å². The number of amides is 1. The van der Waals surface area contributed by atoms with Crippen LogP contribution in [0.2, 0.25) is 0 Å². The molecule has 1 aromatic rings. The minimum absolute atomic E-state index is 0.00125. The number of rotatable bonds is 4. The topological polar surface area (TPSA) is 29.1 Å². The molecule has 1 amide bonds. The molecule has 0 saturated heterocycles. The maximum absolute atomic E-state index is 11.6. The average molecular weight is 226 g/mol. The average Bonchev–Trinajstić information content (AvgIpc) is 2.29. The summed E-state index contributed by atoms with van der Waals surface area (Å²) in [7, 11) is 0. The van der Waals surface area contributed by atoms with Crippen molar-refractivity contribution in [2.75, 3.05) is 5.88 Å². The van der Waals surface area contributed by atoms with Gasteiger partial charge in [-0.2, -0.15) is 0 Å². The van der Waals surface area contributed by atoms with Gasteiger partial charge in [0.05, 0.1) is 6.04 Å². The Morgan fingerprint density at radius 3 is 2.47 bits per heavy atom. The smallest absolute Gasteiger partial charge is 0.224 e. The molecular formula is C12H16ClNO. The Bertz CT molecular complexity index is 313. The third-order valence-corrected chi connectivity index (χ3v) is 2.80. The summed E-state index contributed by atoms with van der Waals surface area (Å²) >= 11 is 5.62. The van der Waals surface area contributed by atoms with Crippen LogP contribution in [0, 0.1) is 5.92 Å². The molecule has 0 aromatic heterocycles. The highest BCUT2D eigenvalue weighted by Crippen LogP contribution is 2.12. The third-order valence-electron chi connectivity index (χ3n) is 2.34. The van der Waals surface area contributed by atoms with Crippen LogP contribution in [0.1, 0.15) is 25.5 Å². The molecule has 1 N–H and O–H groups in total. The first-order chi connectivity index (χ1) is 7.15. The maximum atomic E-state index is 11.6. The summed E-state index contributed by atoms with van der Waals surface area (Å²) in [6, 6.07) is 9.90. The number of alkyl halides is 1. The quantitative estimate of drug-likeness (QED) is 0.785. The van der Waals surface area contributed by atoms with E-state index in [-0.39, 0.29) is 17.9 Å². The van der Waals surface area contributed by atoms with Gasteiger partial charge in [0.1, 0.15) is 0 Å². The van der Waals surface area contributed by atoms with E-state index in [0.29, 0.717) is 5.88 Å². The lowest BCUT2D eigenvalue weighted by Gasteiger charge is -2.16. The van der Waals surface area contributed by atoms with Crippen LogP contribution in [0.5, 0.6) is 0 Å². The minimum atomic E-state index is -0.141. The van der Waals surface area contributed by atoms with E-state index in [2.05, 4.69) is 5.32 Å². The highest BCUT2D eigenvalue weighted by Gasteiger charge is 2.14. The van der Waals surface area contributed by atoms with Gasteiger partial charge in [-0.1, -0.05) is 37.3 Å². The van der Waals surface area contributed by atoms with Gasteiger partial charge in [-0.25, -0.2) is 0 Å². The van der Waals surface area contributed by atoms with Crippen molar-refractivity contribution in [1.82, 2.24) is 5.32 Å². The van der Waals surface area contributed by atoms with Crippen molar-refractivity contribution in [1.29, 1.82) is 0 Å². The SMILES string of the molecule is CC(CCl)C(=O)N[C@H](C)c1ccccc1. The molecular weight excluding hydrogens is 210 g/mol. The van der Waals surface area contributed by atoms with Crippen LogP contribution in [-0.4, -0.2) is 11.8 Å².